The molecule has 0 radical (unpaired) electrons. The second-order valence-corrected chi connectivity index (χ2v) is 8.93. The summed E-state index contributed by atoms with van der Waals surface area (Å²) in [6.45, 7) is 0.233. The summed E-state index contributed by atoms with van der Waals surface area (Å²) in [6.07, 6.45) is 1.38. The molecule has 184 valence electrons. The highest BCUT2D eigenvalue weighted by atomic mass is 35.5. The SMILES string of the molecule is N#CC1=C(N)Oc2cc(OC(=O)c3ccco3)ccc2C1c1cccc(OCc2ccc(Cl)cc2Cl)c1. The van der Waals surface area contributed by atoms with Gasteiger partial charge in [0.05, 0.1) is 12.2 Å². The number of nitrogens with two attached hydrogens (primary N) is 1. The van der Waals surface area contributed by atoms with Gasteiger partial charge < -0.3 is 24.4 Å². The lowest BCUT2D eigenvalue weighted by Crippen LogP contribution is -2.21. The average molecular weight is 533 g/mol. The number of allylic oxidation sites excluding steroid dienone is 1. The fourth-order valence-corrected chi connectivity index (χ4v) is 4.44. The minimum Gasteiger partial charge on any atom is -0.489 e. The molecular weight excluding hydrogens is 515 g/mol. The van der Waals surface area contributed by atoms with Crippen LogP contribution < -0.4 is 19.9 Å². The van der Waals surface area contributed by atoms with E-state index in [0.29, 0.717) is 27.1 Å². The molecular formula is C28H18Cl2N2O5. The Kier molecular flexibility index (Phi) is 6.78. The molecule has 7 nitrogen and oxygen atoms in total. The lowest BCUT2D eigenvalue weighted by Gasteiger charge is -2.27. The number of carbonyl (C=O) groups is 1. The highest BCUT2D eigenvalue weighted by molar-refractivity contribution is 6.35. The third kappa shape index (κ3) is 5.12. The van der Waals surface area contributed by atoms with Gasteiger partial charge in [-0.1, -0.05) is 47.5 Å². The topological polar surface area (TPSA) is 108 Å². The van der Waals surface area contributed by atoms with Crippen LogP contribution in [0.2, 0.25) is 10.0 Å². The maximum Gasteiger partial charge on any atom is 0.379 e. The molecule has 1 unspecified atom stereocenters. The van der Waals surface area contributed by atoms with E-state index in [4.69, 9.17) is 47.6 Å². The molecule has 0 aliphatic carbocycles. The minimum atomic E-state index is -0.649. The first-order chi connectivity index (χ1) is 17.9. The van der Waals surface area contributed by atoms with Gasteiger partial charge in [0.25, 0.3) is 0 Å². The molecule has 0 fully saturated rings. The Morgan fingerprint density at radius 2 is 1.89 bits per heavy atom. The Labute approximate surface area is 222 Å². The first-order valence-corrected chi connectivity index (χ1v) is 11.8. The fraction of sp³-hybridized carbons (Fsp3) is 0.0714. The Bertz CT molecular complexity index is 1560. The van der Waals surface area contributed by atoms with Crippen LogP contribution >= 0.6 is 23.2 Å². The Hall–Kier alpha value is -4.38. The largest absolute Gasteiger partial charge is 0.489 e. The van der Waals surface area contributed by atoms with Crippen molar-refractivity contribution in [1.82, 2.24) is 0 Å². The number of ether oxygens (including phenoxy) is 3. The zero-order valence-electron chi connectivity index (χ0n) is 19.1. The van der Waals surface area contributed by atoms with Gasteiger partial charge >= 0.3 is 5.97 Å². The van der Waals surface area contributed by atoms with Crippen LogP contribution in [-0.2, 0) is 6.61 Å². The van der Waals surface area contributed by atoms with Crippen molar-refractivity contribution in [3.63, 3.8) is 0 Å². The second-order valence-electron chi connectivity index (χ2n) is 8.09. The Balaban J connectivity index is 1.43. The van der Waals surface area contributed by atoms with Crippen molar-refractivity contribution in [2.24, 2.45) is 5.73 Å². The lowest BCUT2D eigenvalue weighted by molar-refractivity contribution is 0.0701. The fourth-order valence-electron chi connectivity index (χ4n) is 3.98. The smallest absolute Gasteiger partial charge is 0.379 e. The standard InChI is InChI=1S/C28H18Cl2N2O5/c29-18-7-6-17(23(30)12-18)15-35-19-4-1-3-16(11-19)26-21-9-8-20(36-28(33)24-5-2-10-34-24)13-25(21)37-27(32)22(26)14-31/h1-13,26H,15,32H2. The van der Waals surface area contributed by atoms with Crippen LogP contribution in [0.25, 0.3) is 0 Å². The molecule has 3 aromatic carbocycles. The molecule has 0 saturated carbocycles. The molecule has 2 heterocycles. The van der Waals surface area contributed by atoms with E-state index in [9.17, 15) is 10.1 Å². The summed E-state index contributed by atoms with van der Waals surface area (Å²) >= 11 is 12.2. The summed E-state index contributed by atoms with van der Waals surface area (Å²) in [5, 5.41) is 10.9. The van der Waals surface area contributed by atoms with Crippen molar-refractivity contribution in [3.05, 3.63) is 123 Å². The van der Waals surface area contributed by atoms with Gasteiger partial charge in [0, 0.05) is 27.2 Å². The van der Waals surface area contributed by atoms with Crippen LogP contribution in [0.15, 0.2) is 94.9 Å². The van der Waals surface area contributed by atoms with Crippen LogP contribution in [0, 0.1) is 11.3 Å². The summed E-state index contributed by atoms with van der Waals surface area (Å²) in [5.74, 6) is 0.0505. The predicted molar refractivity (Wildman–Crippen MR) is 137 cm³/mol. The van der Waals surface area contributed by atoms with Gasteiger partial charge in [-0.25, -0.2) is 4.79 Å². The van der Waals surface area contributed by atoms with E-state index in [1.54, 1.807) is 42.5 Å². The number of nitrogens with zero attached hydrogens (tertiary/aromatic N) is 1. The minimum absolute atomic E-state index is 0.0335. The number of benzene rings is 3. The van der Waals surface area contributed by atoms with Gasteiger partial charge in [0.2, 0.25) is 11.6 Å². The number of fused-ring (bicyclic) bond motifs is 1. The summed E-state index contributed by atoms with van der Waals surface area (Å²) < 4.78 is 22.2. The highest BCUT2D eigenvalue weighted by Crippen LogP contribution is 2.44. The number of furan rings is 1. The monoisotopic (exact) mass is 532 g/mol. The van der Waals surface area contributed by atoms with Crippen LogP contribution in [-0.4, -0.2) is 5.97 Å². The van der Waals surface area contributed by atoms with Crippen molar-refractivity contribution in [3.8, 4) is 23.3 Å². The van der Waals surface area contributed by atoms with Gasteiger partial charge in [0.1, 0.15) is 35.5 Å². The molecule has 0 bridgehead atoms. The third-order valence-electron chi connectivity index (χ3n) is 5.72. The first-order valence-electron chi connectivity index (χ1n) is 11.1. The summed E-state index contributed by atoms with van der Waals surface area (Å²) in [7, 11) is 0. The number of hydrogen-bond acceptors (Lipinski definition) is 7. The number of hydrogen-bond donors (Lipinski definition) is 1. The number of nitriles is 1. The number of esters is 1. The maximum absolute atomic E-state index is 12.3. The van der Waals surface area contributed by atoms with E-state index in [1.807, 2.05) is 24.3 Å². The molecule has 9 heteroatoms. The summed E-state index contributed by atoms with van der Waals surface area (Å²) in [5.41, 5.74) is 8.61. The van der Waals surface area contributed by atoms with Crippen LogP contribution in [0.1, 0.15) is 33.2 Å². The second kappa shape index (κ2) is 10.3. The highest BCUT2D eigenvalue weighted by Gasteiger charge is 2.31. The van der Waals surface area contributed by atoms with Crippen LogP contribution in [0.3, 0.4) is 0 Å². The average Bonchev–Trinajstić information content (AvgIpc) is 3.43. The summed E-state index contributed by atoms with van der Waals surface area (Å²) in [6, 6.07) is 22.7. The zero-order valence-corrected chi connectivity index (χ0v) is 20.6. The summed E-state index contributed by atoms with van der Waals surface area (Å²) in [4.78, 5) is 12.3. The van der Waals surface area contributed by atoms with Gasteiger partial charge in [0.15, 0.2) is 0 Å². The molecule has 5 rings (SSSR count). The molecule has 1 atom stereocenters. The number of halogens is 2. The molecule has 0 spiro atoms. The zero-order chi connectivity index (χ0) is 25.9. The van der Waals surface area contributed by atoms with Crippen molar-refractivity contribution in [1.29, 1.82) is 5.26 Å². The van der Waals surface area contributed by atoms with Crippen molar-refractivity contribution in [2.45, 2.75) is 12.5 Å². The molecule has 1 aliphatic rings. The van der Waals surface area contributed by atoms with E-state index >= 15 is 0 Å². The molecule has 2 N–H and O–H groups in total. The number of rotatable bonds is 6. The quantitative estimate of drug-likeness (QED) is 0.220. The maximum atomic E-state index is 12.3. The van der Waals surface area contributed by atoms with E-state index in [-0.39, 0.29) is 29.6 Å². The molecule has 0 saturated heterocycles. The lowest BCUT2D eigenvalue weighted by atomic mass is 9.83. The van der Waals surface area contributed by atoms with Gasteiger partial charge in [-0.3, -0.25) is 0 Å². The molecule has 4 aromatic rings. The van der Waals surface area contributed by atoms with Gasteiger partial charge in [-0.15, -0.1) is 0 Å². The van der Waals surface area contributed by atoms with Crippen LogP contribution in [0.5, 0.6) is 17.2 Å². The number of carbonyl (C=O) groups excluding carboxylic acids is 1. The van der Waals surface area contributed by atoms with Gasteiger partial charge in [-0.2, -0.15) is 5.26 Å². The van der Waals surface area contributed by atoms with E-state index in [0.717, 1.165) is 11.1 Å². The van der Waals surface area contributed by atoms with Crippen molar-refractivity contribution >= 4 is 29.2 Å². The van der Waals surface area contributed by atoms with Gasteiger partial charge in [-0.05, 0) is 48.0 Å². The molecule has 37 heavy (non-hydrogen) atoms. The molecule has 0 amide bonds. The van der Waals surface area contributed by atoms with Crippen molar-refractivity contribution in [2.75, 3.05) is 0 Å². The Morgan fingerprint density at radius 1 is 1.03 bits per heavy atom. The molecule has 1 aromatic heterocycles. The predicted octanol–water partition coefficient (Wildman–Crippen LogP) is 6.60. The van der Waals surface area contributed by atoms with E-state index < -0.39 is 11.9 Å². The van der Waals surface area contributed by atoms with Crippen molar-refractivity contribution < 1.29 is 23.4 Å². The van der Waals surface area contributed by atoms with Crippen LogP contribution in [0.4, 0.5) is 0 Å². The van der Waals surface area contributed by atoms with E-state index in [2.05, 4.69) is 6.07 Å². The van der Waals surface area contributed by atoms with E-state index in [1.165, 1.54) is 12.3 Å². The third-order valence-corrected chi connectivity index (χ3v) is 6.31. The molecule has 1 aliphatic heterocycles. The normalized spacial score (nSPS) is 14.4. The first kappa shape index (κ1) is 24.3. The Morgan fingerprint density at radius 3 is 2.65 bits per heavy atom.